The molecule has 17 heavy (non-hydrogen) atoms. The predicted molar refractivity (Wildman–Crippen MR) is 67.6 cm³/mol. The van der Waals surface area contributed by atoms with Crippen LogP contribution in [0.3, 0.4) is 0 Å². The number of ether oxygens (including phenoxy) is 1. The third-order valence-corrected chi connectivity index (χ3v) is 2.98. The van der Waals surface area contributed by atoms with E-state index in [0.29, 0.717) is 12.5 Å². The van der Waals surface area contributed by atoms with E-state index in [-0.39, 0.29) is 0 Å². The van der Waals surface area contributed by atoms with Crippen molar-refractivity contribution in [2.75, 3.05) is 13.2 Å². The molecule has 0 amide bonds. The maximum absolute atomic E-state index is 5.68. The molecule has 2 rings (SSSR count). The van der Waals surface area contributed by atoms with Crippen LogP contribution in [0.5, 0.6) is 0 Å². The van der Waals surface area contributed by atoms with Gasteiger partial charge < -0.3 is 14.5 Å². The molecule has 1 fully saturated rings. The minimum atomic E-state index is 0.666. The average Bonchev–Trinajstić information content (AvgIpc) is 2.99. The van der Waals surface area contributed by atoms with Crippen molar-refractivity contribution < 1.29 is 9.15 Å². The van der Waals surface area contributed by atoms with E-state index >= 15 is 0 Å². The van der Waals surface area contributed by atoms with Crippen molar-refractivity contribution in [2.24, 2.45) is 11.8 Å². The van der Waals surface area contributed by atoms with Gasteiger partial charge in [0.1, 0.15) is 5.76 Å². The monoisotopic (exact) mass is 237 g/mol. The summed E-state index contributed by atoms with van der Waals surface area (Å²) < 4.78 is 11.2. The van der Waals surface area contributed by atoms with Gasteiger partial charge in [0.2, 0.25) is 0 Å². The van der Waals surface area contributed by atoms with Crippen LogP contribution in [0, 0.1) is 11.8 Å². The molecule has 1 heterocycles. The lowest BCUT2D eigenvalue weighted by atomic mass is 10.2. The summed E-state index contributed by atoms with van der Waals surface area (Å²) in [6.07, 6.45) is 4.44. The zero-order chi connectivity index (χ0) is 12.1. The standard InChI is InChI=1S/C14H23NO2/c1-11(2)7-15-8-14-13(5-6-17-14)10-16-9-12-3-4-12/h5-6,11-12,15H,3-4,7-10H2,1-2H3. The van der Waals surface area contributed by atoms with Crippen molar-refractivity contribution in [1.82, 2.24) is 5.32 Å². The molecule has 0 aliphatic heterocycles. The molecule has 0 aromatic carbocycles. The molecule has 1 aromatic rings. The fourth-order valence-electron chi connectivity index (χ4n) is 1.75. The van der Waals surface area contributed by atoms with Crippen molar-refractivity contribution in [3.63, 3.8) is 0 Å². The Morgan fingerprint density at radius 1 is 1.47 bits per heavy atom. The Balaban J connectivity index is 1.70. The summed E-state index contributed by atoms with van der Waals surface area (Å²) in [7, 11) is 0. The fraction of sp³-hybridized carbons (Fsp3) is 0.714. The third-order valence-electron chi connectivity index (χ3n) is 2.98. The molecule has 96 valence electrons. The van der Waals surface area contributed by atoms with Gasteiger partial charge in [-0.15, -0.1) is 0 Å². The van der Waals surface area contributed by atoms with Gasteiger partial charge in [0, 0.05) is 12.2 Å². The first-order chi connectivity index (χ1) is 8.25. The molecule has 3 heteroatoms. The van der Waals surface area contributed by atoms with Gasteiger partial charge in [-0.05, 0) is 37.3 Å². The summed E-state index contributed by atoms with van der Waals surface area (Å²) in [5.74, 6) is 2.50. The molecule has 0 atom stereocenters. The van der Waals surface area contributed by atoms with E-state index in [1.807, 2.05) is 6.07 Å². The van der Waals surface area contributed by atoms with Crippen LogP contribution in [0.1, 0.15) is 38.0 Å². The second-order valence-corrected chi connectivity index (χ2v) is 5.35. The second-order valence-electron chi connectivity index (χ2n) is 5.35. The number of rotatable bonds is 8. The van der Waals surface area contributed by atoms with Crippen molar-refractivity contribution >= 4 is 0 Å². The molecular weight excluding hydrogens is 214 g/mol. The molecule has 0 radical (unpaired) electrons. The highest BCUT2D eigenvalue weighted by Gasteiger charge is 2.21. The van der Waals surface area contributed by atoms with Gasteiger partial charge in [0.15, 0.2) is 0 Å². The van der Waals surface area contributed by atoms with Crippen LogP contribution in [0.15, 0.2) is 16.7 Å². The highest BCUT2D eigenvalue weighted by Crippen LogP contribution is 2.29. The number of hydrogen-bond donors (Lipinski definition) is 1. The SMILES string of the molecule is CC(C)CNCc1occc1COCC1CC1. The molecule has 0 spiro atoms. The predicted octanol–water partition coefficient (Wildman–Crippen LogP) is 2.95. The largest absolute Gasteiger partial charge is 0.468 e. The molecule has 0 bridgehead atoms. The summed E-state index contributed by atoms with van der Waals surface area (Å²) >= 11 is 0. The number of furan rings is 1. The minimum Gasteiger partial charge on any atom is -0.468 e. The Hall–Kier alpha value is -0.800. The minimum absolute atomic E-state index is 0.666. The summed E-state index contributed by atoms with van der Waals surface area (Å²) in [5, 5.41) is 3.39. The zero-order valence-electron chi connectivity index (χ0n) is 10.9. The number of nitrogens with one attached hydrogen (secondary N) is 1. The van der Waals surface area contributed by atoms with Crippen molar-refractivity contribution in [1.29, 1.82) is 0 Å². The van der Waals surface area contributed by atoms with Gasteiger partial charge in [-0.3, -0.25) is 0 Å². The molecule has 1 aliphatic carbocycles. The van der Waals surface area contributed by atoms with E-state index in [4.69, 9.17) is 9.15 Å². The van der Waals surface area contributed by atoms with Gasteiger partial charge in [-0.1, -0.05) is 13.8 Å². The molecule has 1 aromatic heterocycles. The first kappa shape index (κ1) is 12.7. The van der Waals surface area contributed by atoms with Gasteiger partial charge in [-0.2, -0.15) is 0 Å². The molecule has 3 nitrogen and oxygen atoms in total. The fourth-order valence-corrected chi connectivity index (χ4v) is 1.75. The summed E-state index contributed by atoms with van der Waals surface area (Å²) in [6.45, 7) is 7.82. The average molecular weight is 237 g/mol. The summed E-state index contributed by atoms with van der Waals surface area (Å²) in [6, 6.07) is 2.01. The van der Waals surface area contributed by atoms with Crippen molar-refractivity contribution in [3.05, 3.63) is 23.7 Å². The number of hydrogen-bond acceptors (Lipinski definition) is 3. The Bertz CT molecular complexity index is 306. The highest BCUT2D eigenvalue weighted by molar-refractivity contribution is 5.15. The van der Waals surface area contributed by atoms with Crippen molar-refractivity contribution in [3.8, 4) is 0 Å². The van der Waals surface area contributed by atoms with Gasteiger partial charge >= 0.3 is 0 Å². The topological polar surface area (TPSA) is 34.4 Å². The second kappa shape index (κ2) is 6.22. The van der Waals surface area contributed by atoms with Gasteiger partial charge in [-0.25, -0.2) is 0 Å². The summed E-state index contributed by atoms with van der Waals surface area (Å²) in [5.41, 5.74) is 1.18. The van der Waals surface area contributed by atoms with Crippen LogP contribution in [-0.4, -0.2) is 13.2 Å². The van der Waals surface area contributed by atoms with E-state index in [0.717, 1.165) is 31.4 Å². The molecular formula is C14H23NO2. The maximum Gasteiger partial charge on any atom is 0.123 e. The van der Waals surface area contributed by atoms with Crippen LogP contribution in [0.25, 0.3) is 0 Å². The normalized spacial score (nSPS) is 15.7. The molecule has 0 saturated heterocycles. The summed E-state index contributed by atoms with van der Waals surface area (Å²) in [4.78, 5) is 0. The smallest absolute Gasteiger partial charge is 0.123 e. The maximum atomic E-state index is 5.68. The Kier molecular flexibility index (Phi) is 4.63. The Morgan fingerprint density at radius 3 is 3.00 bits per heavy atom. The molecule has 0 unspecified atom stereocenters. The van der Waals surface area contributed by atoms with E-state index in [2.05, 4.69) is 19.2 Å². The van der Waals surface area contributed by atoms with E-state index in [1.54, 1.807) is 6.26 Å². The molecule has 1 saturated carbocycles. The van der Waals surface area contributed by atoms with Crippen LogP contribution >= 0.6 is 0 Å². The van der Waals surface area contributed by atoms with Gasteiger partial charge in [0.05, 0.1) is 19.4 Å². The van der Waals surface area contributed by atoms with Crippen LogP contribution < -0.4 is 5.32 Å². The first-order valence-corrected chi connectivity index (χ1v) is 6.59. The Morgan fingerprint density at radius 2 is 2.29 bits per heavy atom. The third kappa shape index (κ3) is 4.52. The lowest BCUT2D eigenvalue weighted by Gasteiger charge is -2.07. The van der Waals surface area contributed by atoms with Crippen LogP contribution in [0.4, 0.5) is 0 Å². The van der Waals surface area contributed by atoms with Crippen LogP contribution in [0.2, 0.25) is 0 Å². The zero-order valence-corrected chi connectivity index (χ0v) is 10.9. The quantitative estimate of drug-likeness (QED) is 0.755. The lowest BCUT2D eigenvalue weighted by Crippen LogP contribution is -2.19. The lowest BCUT2D eigenvalue weighted by molar-refractivity contribution is 0.110. The van der Waals surface area contributed by atoms with E-state index in [1.165, 1.54) is 18.4 Å². The van der Waals surface area contributed by atoms with Gasteiger partial charge in [0.25, 0.3) is 0 Å². The highest BCUT2D eigenvalue weighted by atomic mass is 16.5. The van der Waals surface area contributed by atoms with Crippen LogP contribution in [-0.2, 0) is 17.9 Å². The van der Waals surface area contributed by atoms with Crippen molar-refractivity contribution in [2.45, 2.75) is 39.8 Å². The Labute approximate surface area is 104 Å². The molecule has 1 aliphatic rings. The van der Waals surface area contributed by atoms with E-state index < -0.39 is 0 Å². The molecule has 1 N–H and O–H groups in total. The van der Waals surface area contributed by atoms with E-state index in [9.17, 15) is 0 Å². The first-order valence-electron chi connectivity index (χ1n) is 6.59.